The summed E-state index contributed by atoms with van der Waals surface area (Å²) in [6, 6.07) is 11.9. The summed E-state index contributed by atoms with van der Waals surface area (Å²) in [4.78, 5) is 0. The van der Waals surface area contributed by atoms with Crippen LogP contribution >= 0.6 is 0 Å². The standard InChI is InChI=1S/C16H17F2N/c1-3-12-7-9-13(10-8-12)19-11(2)14-5-4-6-15(17)16(14)18/h4-11,19H,3H2,1-2H3. The zero-order chi connectivity index (χ0) is 13.8. The van der Waals surface area contributed by atoms with Gasteiger partial charge in [0, 0.05) is 11.3 Å². The third-order valence-electron chi connectivity index (χ3n) is 3.19. The minimum Gasteiger partial charge on any atom is -0.378 e. The lowest BCUT2D eigenvalue weighted by atomic mass is 10.1. The fraction of sp³-hybridized carbons (Fsp3) is 0.250. The molecule has 2 aromatic carbocycles. The van der Waals surface area contributed by atoms with E-state index in [1.165, 1.54) is 11.6 Å². The largest absolute Gasteiger partial charge is 0.378 e. The number of rotatable bonds is 4. The molecule has 1 N–H and O–H groups in total. The highest BCUT2D eigenvalue weighted by Gasteiger charge is 2.13. The number of nitrogens with one attached hydrogen (secondary N) is 1. The number of aryl methyl sites for hydroxylation is 1. The van der Waals surface area contributed by atoms with Gasteiger partial charge < -0.3 is 5.32 Å². The SMILES string of the molecule is CCc1ccc(NC(C)c2cccc(F)c2F)cc1. The van der Waals surface area contributed by atoms with Crippen LogP contribution in [0.25, 0.3) is 0 Å². The van der Waals surface area contributed by atoms with Crippen LogP contribution in [0.2, 0.25) is 0 Å². The average molecular weight is 261 g/mol. The molecule has 0 saturated carbocycles. The monoisotopic (exact) mass is 261 g/mol. The Balaban J connectivity index is 2.15. The number of anilines is 1. The van der Waals surface area contributed by atoms with Gasteiger partial charge >= 0.3 is 0 Å². The Morgan fingerprint density at radius 3 is 2.37 bits per heavy atom. The first kappa shape index (κ1) is 13.5. The molecule has 100 valence electrons. The first-order chi connectivity index (χ1) is 9.11. The molecule has 0 aliphatic rings. The Bertz CT molecular complexity index is 549. The second-order valence-electron chi connectivity index (χ2n) is 4.56. The summed E-state index contributed by atoms with van der Waals surface area (Å²) in [7, 11) is 0. The van der Waals surface area contributed by atoms with Crippen LogP contribution in [0.3, 0.4) is 0 Å². The maximum absolute atomic E-state index is 13.7. The minimum atomic E-state index is -0.813. The van der Waals surface area contributed by atoms with Crippen molar-refractivity contribution in [1.29, 1.82) is 0 Å². The molecule has 0 saturated heterocycles. The fourth-order valence-electron chi connectivity index (χ4n) is 2.02. The van der Waals surface area contributed by atoms with E-state index in [9.17, 15) is 8.78 Å². The molecule has 0 bridgehead atoms. The normalized spacial score (nSPS) is 12.2. The van der Waals surface area contributed by atoms with Crippen LogP contribution in [0.4, 0.5) is 14.5 Å². The Morgan fingerprint density at radius 1 is 1.05 bits per heavy atom. The van der Waals surface area contributed by atoms with Crippen molar-refractivity contribution in [1.82, 2.24) is 0 Å². The van der Waals surface area contributed by atoms with E-state index in [1.807, 2.05) is 31.2 Å². The number of hydrogen-bond acceptors (Lipinski definition) is 1. The summed E-state index contributed by atoms with van der Waals surface area (Å²) in [5, 5.41) is 3.17. The predicted molar refractivity (Wildman–Crippen MR) is 74.2 cm³/mol. The van der Waals surface area contributed by atoms with E-state index in [0.717, 1.165) is 18.2 Å². The second-order valence-corrected chi connectivity index (χ2v) is 4.56. The first-order valence-corrected chi connectivity index (χ1v) is 6.41. The predicted octanol–water partition coefficient (Wildman–Crippen LogP) is 4.70. The molecule has 0 heterocycles. The van der Waals surface area contributed by atoms with E-state index in [0.29, 0.717) is 5.56 Å². The van der Waals surface area contributed by atoms with Crippen molar-refractivity contribution < 1.29 is 8.78 Å². The molecule has 0 fully saturated rings. The molecular weight excluding hydrogens is 244 g/mol. The molecule has 1 atom stereocenters. The average Bonchev–Trinajstić information content (AvgIpc) is 2.42. The molecular formula is C16H17F2N. The molecule has 0 aromatic heterocycles. The highest BCUT2D eigenvalue weighted by molar-refractivity contribution is 5.46. The summed E-state index contributed by atoms with van der Waals surface area (Å²) in [6.45, 7) is 3.90. The van der Waals surface area contributed by atoms with Crippen LogP contribution in [-0.4, -0.2) is 0 Å². The Labute approximate surface area is 112 Å². The molecule has 0 radical (unpaired) electrons. The molecule has 0 aliphatic carbocycles. The van der Waals surface area contributed by atoms with Crippen molar-refractivity contribution in [3.05, 3.63) is 65.2 Å². The third kappa shape index (κ3) is 3.11. The molecule has 3 heteroatoms. The van der Waals surface area contributed by atoms with Crippen molar-refractivity contribution in [2.45, 2.75) is 26.3 Å². The van der Waals surface area contributed by atoms with Crippen molar-refractivity contribution in [3.8, 4) is 0 Å². The summed E-state index contributed by atoms with van der Waals surface area (Å²) >= 11 is 0. The number of hydrogen-bond donors (Lipinski definition) is 1. The van der Waals surface area contributed by atoms with Gasteiger partial charge in [-0.05, 0) is 37.1 Å². The van der Waals surface area contributed by atoms with Gasteiger partial charge in [0.25, 0.3) is 0 Å². The highest BCUT2D eigenvalue weighted by Crippen LogP contribution is 2.23. The van der Waals surface area contributed by atoms with Crippen molar-refractivity contribution in [2.75, 3.05) is 5.32 Å². The molecule has 0 spiro atoms. The third-order valence-corrected chi connectivity index (χ3v) is 3.19. The van der Waals surface area contributed by atoms with Gasteiger partial charge in [0.1, 0.15) is 0 Å². The molecule has 1 unspecified atom stereocenters. The highest BCUT2D eigenvalue weighted by atomic mass is 19.2. The molecule has 0 amide bonds. The van der Waals surface area contributed by atoms with Crippen molar-refractivity contribution >= 4 is 5.69 Å². The lowest BCUT2D eigenvalue weighted by molar-refractivity contribution is 0.494. The molecule has 19 heavy (non-hydrogen) atoms. The molecule has 0 aliphatic heterocycles. The lowest BCUT2D eigenvalue weighted by Crippen LogP contribution is -2.09. The van der Waals surface area contributed by atoms with Crippen LogP contribution in [0, 0.1) is 11.6 Å². The topological polar surface area (TPSA) is 12.0 Å². The van der Waals surface area contributed by atoms with Gasteiger partial charge in [0.05, 0.1) is 6.04 Å². The van der Waals surface area contributed by atoms with E-state index in [4.69, 9.17) is 0 Å². The quantitative estimate of drug-likeness (QED) is 0.841. The van der Waals surface area contributed by atoms with Gasteiger partial charge in [-0.1, -0.05) is 31.2 Å². The fourth-order valence-corrected chi connectivity index (χ4v) is 2.02. The molecule has 1 nitrogen and oxygen atoms in total. The Kier molecular flexibility index (Phi) is 4.15. The van der Waals surface area contributed by atoms with Crippen LogP contribution in [-0.2, 0) is 6.42 Å². The summed E-state index contributed by atoms with van der Waals surface area (Å²) in [6.07, 6.45) is 0.981. The van der Waals surface area contributed by atoms with E-state index in [-0.39, 0.29) is 6.04 Å². The lowest BCUT2D eigenvalue weighted by Gasteiger charge is -2.16. The van der Waals surface area contributed by atoms with E-state index in [1.54, 1.807) is 6.07 Å². The van der Waals surface area contributed by atoms with Gasteiger partial charge in [-0.2, -0.15) is 0 Å². The minimum absolute atomic E-state index is 0.289. The van der Waals surface area contributed by atoms with Gasteiger partial charge in [-0.3, -0.25) is 0 Å². The van der Waals surface area contributed by atoms with Crippen LogP contribution in [0.15, 0.2) is 42.5 Å². The first-order valence-electron chi connectivity index (χ1n) is 6.41. The summed E-state index contributed by atoms with van der Waals surface area (Å²) in [5.41, 5.74) is 2.48. The molecule has 2 aromatic rings. The summed E-state index contributed by atoms with van der Waals surface area (Å²) < 4.78 is 26.8. The van der Waals surface area contributed by atoms with E-state index in [2.05, 4.69) is 12.2 Å². The summed E-state index contributed by atoms with van der Waals surface area (Å²) in [5.74, 6) is -1.60. The van der Waals surface area contributed by atoms with E-state index < -0.39 is 11.6 Å². The second kappa shape index (κ2) is 5.83. The van der Waals surface area contributed by atoms with Crippen molar-refractivity contribution in [3.63, 3.8) is 0 Å². The Hall–Kier alpha value is -1.90. The van der Waals surface area contributed by atoms with Crippen molar-refractivity contribution in [2.24, 2.45) is 0 Å². The zero-order valence-corrected chi connectivity index (χ0v) is 11.1. The molecule has 2 rings (SSSR count). The van der Waals surface area contributed by atoms with Gasteiger partial charge in [-0.25, -0.2) is 8.78 Å². The van der Waals surface area contributed by atoms with Gasteiger partial charge in [0.15, 0.2) is 11.6 Å². The smallest absolute Gasteiger partial charge is 0.164 e. The number of halogens is 2. The maximum atomic E-state index is 13.7. The Morgan fingerprint density at radius 2 is 1.74 bits per heavy atom. The van der Waals surface area contributed by atoms with E-state index >= 15 is 0 Å². The zero-order valence-electron chi connectivity index (χ0n) is 11.1. The van der Waals surface area contributed by atoms with Gasteiger partial charge in [-0.15, -0.1) is 0 Å². The number of benzene rings is 2. The van der Waals surface area contributed by atoms with Crippen LogP contribution in [0.5, 0.6) is 0 Å². The van der Waals surface area contributed by atoms with Crippen LogP contribution < -0.4 is 5.32 Å². The van der Waals surface area contributed by atoms with Crippen LogP contribution in [0.1, 0.15) is 31.0 Å². The maximum Gasteiger partial charge on any atom is 0.164 e. The van der Waals surface area contributed by atoms with Gasteiger partial charge in [0.2, 0.25) is 0 Å².